The molecule has 0 saturated carbocycles. The van der Waals surface area contributed by atoms with E-state index >= 15 is 0 Å². The Hall–Kier alpha value is -8.76. The van der Waals surface area contributed by atoms with Gasteiger partial charge < -0.3 is 59.1 Å². The average Bonchev–Trinajstić information content (AvgIpc) is 1.65. The predicted octanol–water partition coefficient (Wildman–Crippen LogP) is 9.76. The molecule has 15 heteroatoms. The lowest BCUT2D eigenvalue weighted by atomic mass is 9.71. The molecule has 0 radical (unpaired) electrons. The highest BCUT2D eigenvalue weighted by Gasteiger charge is 2.48. The van der Waals surface area contributed by atoms with E-state index in [0.717, 1.165) is 135 Å². The smallest absolute Gasteiger partial charge is 0.231 e. The molecule has 0 bridgehead atoms. The second-order valence-electron chi connectivity index (χ2n) is 29.6. The van der Waals surface area contributed by atoms with E-state index in [0.29, 0.717) is 17.8 Å². The summed E-state index contributed by atoms with van der Waals surface area (Å²) >= 11 is 0. The highest BCUT2D eigenvalue weighted by Crippen LogP contribution is 2.50. The molecule has 3 N–H and O–H groups in total. The lowest BCUT2D eigenvalue weighted by Crippen LogP contribution is -3.05. The quantitative estimate of drug-likeness (QED) is 0.0394. The van der Waals surface area contributed by atoms with Crippen LogP contribution in [-0.2, 0) is 28.8 Å². The summed E-state index contributed by atoms with van der Waals surface area (Å²) in [5.41, 5.74) is 11.0. The summed E-state index contributed by atoms with van der Waals surface area (Å²) in [7, 11) is 12.9. The zero-order chi connectivity index (χ0) is 77.9. The van der Waals surface area contributed by atoms with Crippen LogP contribution in [0, 0.1) is 35.5 Å². The SMILES string of the molecule is C=C1C(C)C(C(CC(CC(CC)c2ccccc2)c2ccccc2)c2ccccc2)C(=O)N1CCC[NH+](C)C.C=C1C(C)C(C(CC(CC)c2ccccc2)c2ccccc2)C(=O)N1CCC[NH+](C)C.C=C1C(C)C(C(CC)c2ccccc2)C(=O)N1CCC[NH+](C)C.CC(=O)[O-].CC(=O)[O-].CC(=O)[O-]. The summed E-state index contributed by atoms with van der Waals surface area (Å²) in [5.74, 6) is -0.179. The van der Waals surface area contributed by atoms with Crippen LogP contribution in [0.25, 0.3) is 0 Å². The van der Waals surface area contributed by atoms with E-state index in [2.05, 4.69) is 279 Å². The van der Waals surface area contributed by atoms with Crippen molar-refractivity contribution in [2.24, 2.45) is 35.5 Å². The number of carboxylic acids is 3. The molecular weight excluding hydrogens is 1310 g/mol. The first kappa shape index (κ1) is 88.6. The molecule has 3 heterocycles. The fourth-order valence-corrected chi connectivity index (χ4v) is 15.4. The molecule has 0 spiro atoms. The van der Waals surface area contributed by atoms with Crippen LogP contribution < -0.4 is 30.0 Å². The number of amides is 3. The summed E-state index contributed by atoms with van der Waals surface area (Å²) in [6.07, 6.45) is 9.16. The molecule has 105 heavy (non-hydrogen) atoms. The van der Waals surface area contributed by atoms with Gasteiger partial charge in [0.2, 0.25) is 17.7 Å². The topological polar surface area (TPSA) is 195 Å². The van der Waals surface area contributed by atoms with Crippen LogP contribution in [0.15, 0.2) is 219 Å². The third-order valence-corrected chi connectivity index (χ3v) is 20.9. The molecule has 12 unspecified atom stereocenters. The van der Waals surface area contributed by atoms with Gasteiger partial charge in [0.05, 0.1) is 79.7 Å². The zero-order valence-electron chi connectivity index (χ0n) is 66.0. The molecule has 3 aliphatic heterocycles. The number of nitrogens with one attached hydrogen (secondary N) is 3. The fourth-order valence-electron chi connectivity index (χ4n) is 15.4. The van der Waals surface area contributed by atoms with Gasteiger partial charge in [0.25, 0.3) is 0 Å². The molecular formula is C90H126N6O9. The lowest BCUT2D eigenvalue weighted by molar-refractivity contribution is -0.858. The minimum absolute atomic E-state index is 0.0293. The van der Waals surface area contributed by atoms with Gasteiger partial charge in [-0.25, -0.2) is 0 Å². The summed E-state index contributed by atoms with van der Waals surface area (Å²) in [6, 6.07) is 64.6. The number of hydrogen-bond acceptors (Lipinski definition) is 9. The molecule has 3 aliphatic rings. The maximum Gasteiger partial charge on any atom is 0.231 e. The van der Waals surface area contributed by atoms with Gasteiger partial charge in [0.15, 0.2) is 0 Å². The first-order chi connectivity index (χ1) is 50.0. The van der Waals surface area contributed by atoms with Crippen molar-refractivity contribution in [2.45, 2.75) is 156 Å². The van der Waals surface area contributed by atoms with Crippen molar-refractivity contribution < 1.29 is 58.8 Å². The third kappa shape index (κ3) is 28.2. The van der Waals surface area contributed by atoms with Crippen LogP contribution in [0.3, 0.4) is 0 Å². The molecule has 3 saturated heterocycles. The number of benzene rings is 6. The van der Waals surface area contributed by atoms with E-state index in [1.165, 1.54) is 48.1 Å². The van der Waals surface area contributed by atoms with Crippen LogP contribution in [0.2, 0.25) is 0 Å². The first-order valence-electron chi connectivity index (χ1n) is 38.2. The van der Waals surface area contributed by atoms with E-state index in [1.807, 2.05) is 20.8 Å². The van der Waals surface area contributed by atoms with Gasteiger partial charge in [0.1, 0.15) is 0 Å². The monoisotopic (exact) mass is 1430 g/mol. The minimum Gasteiger partial charge on any atom is -0.550 e. The number of hydrogen-bond donors (Lipinski definition) is 3. The number of rotatable bonds is 30. The van der Waals surface area contributed by atoms with Crippen molar-refractivity contribution in [3.63, 3.8) is 0 Å². The number of carbonyl (C=O) groups excluding carboxylic acids is 6. The van der Waals surface area contributed by atoms with E-state index in [9.17, 15) is 14.4 Å². The standard InChI is InChI=1S/C36H46N2O.C28H38N2O.C20H30N2O.3C2H4O2/c1-6-29(30-17-10-7-11-18-30)25-33(31-19-12-8-13-20-31)26-34(32-21-14-9-15-22-32)35-27(2)28(3)38(36(35)39)24-16-23-37(4)5;1-6-23(24-14-9-7-10-15-24)20-26(25-16-11-8-12-17-25)27-21(2)22(3)30(28(27)31)19-13-18-29(4)5;1-6-18(17-11-8-7-9-12-17)19-15(2)16(3)22(20(19)23)14-10-13-21(4)5;3*1-2(3)4/h7-15,17-22,27,29,33-35H,3,6,16,23-26H2,1-2,4-5H3;7-12,14-17,21,23,26-27H,3,6,13,18-20H2,1-2,4-5H3;7-9,11-12,15,18-19H,3,6,10,13-14H2,1-2,4-5H3;3*1H3,(H,3,4). The minimum atomic E-state index is -1.08. The summed E-state index contributed by atoms with van der Waals surface area (Å²) in [6.45, 7) is 34.8. The number of nitrogens with zero attached hydrogens (tertiary/aromatic N) is 3. The number of allylic oxidation sites excluding steroid dienone is 3. The Balaban J connectivity index is 0.000000316. The van der Waals surface area contributed by atoms with E-state index < -0.39 is 17.9 Å². The summed E-state index contributed by atoms with van der Waals surface area (Å²) in [4.78, 5) is 77.7. The molecule has 570 valence electrons. The second kappa shape index (κ2) is 46.2. The Morgan fingerprint density at radius 3 is 0.800 bits per heavy atom. The van der Waals surface area contributed by atoms with Gasteiger partial charge in [-0.2, -0.15) is 0 Å². The molecule has 6 aromatic rings. The molecule has 6 aromatic carbocycles. The molecule has 9 rings (SSSR count). The Labute approximate surface area is 630 Å². The maximum atomic E-state index is 14.1. The van der Waals surface area contributed by atoms with Crippen LogP contribution in [0.5, 0.6) is 0 Å². The number of aliphatic carboxylic acids is 3. The van der Waals surface area contributed by atoms with E-state index in [1.54, 1.807) is 0 Å². The summed E-state index contributed by atoms with van der Waals surface area (Å²) in [5, 5.41) is 26.7. The van der Waals surface area contributed by atoms with E-state index in [-0.39, 0.29) is 71.0 Å². The number of carboxylic acid groups (broad SMARTS) is 3. The number of quaternary nitrogens is 3. The fraction of sp³-hybridized carbons (Fsp3) is 0.467. The Kier molecular flexibility index (Phi) is 39.0. The van der Waals surface area contributed by atoms with Gasteiger partial charge in [-0.3, -0.25) is 14.4 Å². The summed E-state index contributed by atoms with van der Waals surface area (Å²) < 4.78 is 0. The van der Waals surface area contributed by atoms with Crippen molar-refractivity contribution >= 4 is 35.6 Å². The van der Waals surface area contributed by atoms with Crippen molar-refractivity contribution in [1.29, 1.82) is 0 Å². The molecule has 15 nitrogen and oxygen atoms in total. The van der Waals surface area contributed by atoms with Crippen LogP contribution in [0.4, 0.5) is 0 Å². The Bertz CT molecular complexity index is 3530. The van der Waals surface area contributed by atoms with Gasteiger partial charge in [-0.05, 0) is 128 Å². The van der Waals surface area contributed by atoms with Crippen molar-refractivity contribution in [2.75, 3.05) is 81.6 Å². The largest absolute Gasteiger partial charge is 0.550 e. The van der Waals surface area contributed by atoms with Gasteiger partial charge in [0, 0.05) is 91.6 Å². The second-order valence-corrected chi connectivity index (χ2v) is 29.6. The van der Waals surface area contributed by atoms with Gasteiger partial charge in [-0.1, -0.05) is 243 Å². The number of carbonyl (C=O) groups is 6. The maximum absolute atomic E-state index is 14.1. The molecule has 3 amide bonds. The third-order valence-electron chi connectivity index (χ3n) is 20.9. The van der Waals surface area contributed by atoms with Crippen LogP contribution >= 0.6 is 0 Å². The Morgan fingerprint density at radius 2 is 0.562 bits per heavy atom. The van der Waals surface area contributed by atoms with Crippen molar-refractivity contribution in [3.8, 4) is 0 Å². The van der Waals surface area contributed by atoms with Gasteiger partial charge >= 0.3 is 0 Å². The first-order valence-corrected chi connectivity index (χ1v) is 38.2. The molecule has 0 aliphatic carbocycles. The van der Waals surface area contributed by atoms with Crippen molar-refractivity contribution in [3.05, 3.63) is 252 Å². The Morgan fingerprint density at radius 1 is 0.352 bits per heavy atom. The number of likely N-dealkylation sites (tertiary alicyclic amines) is 3. The van der Waals surface area contributed by atoms with Gasteiger partial charge in [-0.15, -0.1) is 0 Å². The molecule has 12 atom stereocenters. The average molecular weight is 1440 g/mol. The predicted molar refractivity (Wildman–Crippen MR) is 419 cm³/mol. The van der Waals surface area contributed by atoms with Crippen LogP contribution in [0.1, 0.15) is 189 Å². The van der Waals surface area contributed by atoms with Crippen molar-refractivity contribution in [1.82, 2.24) is 14.7 Å². The lowest BCUT2D eigenvalue weighted by Gasteiger charge is -2.31. The van der Waals surface area contributed by atoms with Crippen LogP contribution in [-0.4, -0.2) is 132 Å². The molecule has 0 aromatic heterocycles. The normalized spacial score (nSPS) is 19.3. The zero-order valence-corrected chi connectivity index (χ0v) is 66.0. The highest BCUT2D eigenvalue weighted by atomic mass is 16.4. The highest BCUT2D eigenvalue weighted by molar-refractivity contribution is 5.87. The molecule has 3 fully saturated rings. The van der Waals surface area contributed by atoms with E-state index in [4.69, 9.17) is 29.7 Å².